The van der Waals surface area contributed by atoms with Crippen LogP contribution in [0.1, 0.15) is 39.0 Å². The SMILES string of the molecule is C[C@H]1CCc2sc(C(=O)N(C)Cc3cnn(-c4ccccc4)c3)cc2C1. The molecule has 0 radical (unpaired) electrons. The van der Waals surface area contributed by atoms with Crippen LogP contribution in [0.15, 0.2) is 48.8 Å². The Balaban J connectivity index is 1.46. The van der Waals surface area contributed by atoms with Gasteiger partial charge in [0.1, 0.15) is 0 Å². The molecule has 0 saturated heterocycles. The zero-order chi connectivity index (χ0) is 18.1. The highest BCUT2D eigenvalue weighted by Gasteiger charge is 2.22. The number of aromatic nitrogens is 2. The minimum Gasteiger partial charge on any atom is -0.337 e. The zero-order valence-corrected chi connectivity index (χ0v) is 16.0. The van der Waals surface area contributed by atoms with E-state index in [9.17, 15) is 4.79 Å². The summed E-state index contributed by atoms with van der Waals surface area (Å²) in [5, 5.41) is 4.41. The minimum atomic E-state index is 0.101. The van der Waals surface area contributed by atoms with Gasteiger partial charge in [-0.3, -0.25) is 4.79 Å². The third-order valence-electron chi connectivity index (χ3n) is 4.96. The maximum atomic E-state index is 12.8. The molecular formula is C21H23N3OS. The Morgan fingerprint density at radius 2 is 2.15 bits per heavy atom. The van der Waals surface area contributed by atoms with Crippen LogP contribution < -0.4 is 0 Å². The van der Waals surface area contributed by atoms with Crippen LogP contribution in [0.4, 0.5) is 0 Å². The second-order valence-electron chi connectivity index (χ2n) is 7.20. The Labute approximate surface area is 158 Å². The molecule has 4 rings (SSSR count). The number of fused-ring (bicyclic) bond motifs is 1. The lowest BCUT2D eigenvalue weighted by Crippen LogP contribution is -2.25. The topological polar surface area (TPSA) is 38.1 Å². The molecule has 2 heterocycles. The molecule has 3 aromatic rings. The van der Waals surface area contributed by atoms with Crippen molar-refractivity contribution in [1.29, 1.82) is 0 Å². The zero-order valence-electron chi connectivity index (χ0n) is 15.2. The van der Waals surface area contributed by atoms with Crippen LogP contribution in [0, 0.1) is 5.92 Å². The number of para-hydroxylation sites is 1. The predicted octanol–water partition coefficient (Wildman–Crippen LogP) is 4.33. The first-order valence-corrected chi connectivity index (χ1v) is 9.88. The van der Waals surface area contributed by atoms with Crippen molar-refractivity contribution >= 4 is 17.2 Å². The highest BCUT2D eigenvalue weighted by molar-refractivity contribution is 7.14. The van der Waals surface area contributed by atoms with Crippen molar-refractivity contribution in [2.75, 3.05) is 7.05 Å². The highest BCUT2D eigenvalue weighted by Crippen LogP contribution is 2.32. The van der Waals surface area contributed by atoms with Crippen molar-refractivity contribution in [3.63, 3.8) is 0 Å². The maximum absolute atomic E-state index is 12.8. The van der Waals surface area contributed by atoms with Gasteiger partial charge in [0.15, 0.2) is 0 Å². The number of benzene rings is 1. The van der Waals surface area contributed by atoms with Crippen LogP contribution in [0.25, 0.3) is 5.69 Å². The van der Waals surface area contributed by atoms with E-state index in [1.54, 1.807) is 16.2 Å². The first-order chi connectivity index (χ1) is 12.6. The smallest absolute Gasteiger partial charge is 0.263 e. The molecule has 1 aliphatic rings. The standard InChI is InChI=1S/C21H23N3OS/c1-15-8-9-19-17(10-15)11-20(26-19)21(25)23(2)13-16-12-22-24(14-16)18-6-4-3-5-7-18/h3-7,11-12,14-15H,8-10,13H2,1-2H3/t15-/m0/s1. The van der Waals surface area contributed by atoms with Crippen molar-refractivity contribution in [2.45, 2.75) is 32.7 Å². The Bertz CT molecular complexity index is 912. The van der Waals surface area contributed by atoms with Crippen LogP contribution in [0.5, 0.6) is 0 Å². The number of amides is 1. The summed E-state index contributed by atoms with van der Waals surface area (Å²) in [6.07, 6.45) is 7.27. The maximum Gasteiger partial charge on any atom is 0.263 e. The molecule has 1 aliphatic carbocycles. The Hall–Kier alpha value is -2.40. The fourth-order valence-corrected chi connectivity index (χ4v) is 4.71. The fraction of sp³-hybridized carbons (Fsp3) is 0.333. The Morgan fingerprint density at radius 1 is 1.35 bits per heavy atom. The molecule has 0 N–H and O–H groups in total. The average molecular weight is 366 g/mol. The van der Waals surface area contributed by atoms with E-state index in [1.165, 1.54) is 16.9 Å². The summed E-state index contributed by atoms with van der Waals surface area (Å²) < 4.78 is 1.85. The summed E-state index contributed by atoms with van der Waals surface area (Å²) >= 11 is 1.67. The first kappa shape index (κ1) is 17.0. The molecule has 0 saturated carbocycles. The minimum absolute atomic E-state index is 0.101. The average Bonchev–Trinajstić information content (AvgIpc) is 3.28. The third-order valence-corrected chi connectivity index (χ3v) is 6.19. The molecule has 1 amide bonds. The number of thiophene rings is 1. The molecular weight excluding hydrogens is 342 g/mol. The molecule has 0 fully saturated rings. The normalized spacial score (nSPS) is 16.3. The van der Waals surface area contributed by atoms with Gasteiger partial charge in [0, 0.05) is 30.2 Å². The summed E-state index contributed by atoms with van der Waals surface area (Å²) in [5.74, 6) is 0.825. The van der Waals surface area contributed by atoms with Crippen molar-refractivity contribution in [3.05, 3.63) is 69.7 Å². The van der Waals surface area contributed by atoms with Crippen molar-refractivity contribution in [1.82, 2.24) is 14.7 Å². The predicted molar refractivity (Wildman–Crippen MR) is 105 cm³/mol. The van der Waals surface area contributed by atoms with Gasteiger partial charge in [-0.15, -0.1) is 11.3 Å². The van der Waals surface area contributed by atoms with Gasteiger partial charge in [-0.25, -0.2) is 4.68 Å². The molecule has 4 nitrogen and oxygen atoms in total. The van der Waals surface area contributed by atoms with Gasteiger partial charge in [0.05, 0.1) is 16.8 Å². The molecule has 2 aromatic heterocycles. The van der Waals surface area contributed by atoms with Crippen LogP contribution >= 0.6 is 11.3 Å². The highest BCUT2D eigenvalue weighted by atomic mass is 32.1. The Morgan fingerprint density at radius 3 is 2.96 bits per heavy atom. The largest absolute Gasteiger partial charge is 0.337 e. The Kier molecular flexibility index (Phi) is 4.64. The van der Waals surface area contributed by atoms with Crippen molar-refractivity contribution in [2.24, 2.45) is 5.92 Å². The van der Waals surface area contributed by atoms with E-state index in [1.807, 2.05) is 54.5 Å². The van der Waals surface area contributed by atoms with E-state index in [4.69, 9.17) is 0 Å². The first-order valence-electron chi connectivity index (χ1n) is 9.06. The van der Waals surface area contributed by atoms with Crippen LogP contribution in [0.3, 0.4) is 0 Å². The monoisotopic (exact) mass is 365 g/mol. The molecule has 134 valence electrons. The third kappa shape index (κ3) is 3.44. The summed E-state index contributed by atoms with van der Waals surface area (Å²) in [7, 11) is 1.86. The lowest BCUT2D eigenvalue weighted by Gasteiger charge is -2.16. The number of hydrogen-bond donors (Lipinski definition) is 0. The second-order valence-corrected chi connectivity index (χ2v) is 8.33. The molecule has 0 unspecified atom stereocenters. The molecule has 0 spiro atoms. The summed E-state index contributed by atoms with van der Waals surface area (Å²) in [6.45, 7) is 2.85. The lowest BCUT2D eigenvalue weighted by molar-refractivity contribution is 0.0790. The van der Waals surface area contributed by atoms with E-state index >= 15 is 0 Å². The van der Waals surface area contributed by atoms with Crippen LogP contribution in [0.2, 0.25) is 0 Å². The van der Waals surface area contributed by atoms with E-state index in [0.29, 0.717) is 6.54 Å². The summed E-state index contributed by atoms with van der Waals surface area (Å²) in [5.41, 5.74) is 3.43. The van der Waals surface area contributed by atoms with E-state index < -0.39 is 0 Å². The summed E-state index contributed by atoms with van der Waals surface area (Å²) in [4.78, 5) is 16.9. The van der Waals surface area contributed by atoms with Crippen molar-refractivity contribution < 1.29 is 4.79 Å². The fourth-order valence-electron chi connectivity index (χ4n) is 3.51. The van der Waals surface area contributed by atoms with Gasteiger partial charge in [-0.1, -0.05) is 25.1 Å². The molecule has 0 bridgehead atoms. The quantitative estimate of drug-likeness (QED) is 0.690. The molecule has 0 aliphatic heterocycles. The van der Waals surface area contributed by atoms with Crippen molar-refractivity contribution in [3.8, 4) is 5.69 Å². The van der Waals surface area contributed by atoms with Gasteiger partial charge in [-0.2, -0.15) is 5.10 Å². The second kappa shape index (κ2) is 7.08. The summed E-state index contributed by atoms with van der Waals surface area (Å²) in [6, 6.07) is 12.1. The molecule has 1 aromatic carbocycles. The van der Waals surface area contributed by atoms with Gasteiger partial charge in [0.2, 0.25) is 0 Å². The number of hydrogen-bond acceptors (Lipinski definition) is 3. The van der Waals surface area contributed by atoms with Gasteiger partial charge in [0.25, 0.3) is 5.91 Å². The molecule has 26 heavy (non-hydrogen) atoms. The van der Waals surface area contributed by atoms with E-state index in [2.05, 4.69) is 18.1 Å². The number of carbonyl (C=O) groups is 1. The van der Waals surface area contributed by atoms with Gasteiger partial charge < -0.3 is 4.90 Å². The molecule has 1 atom stereocenters. The van der Waals surface area contributed by atoms with Gasteiger partial charge >= 0.3 is 0 Å². The number of carbonyl (C=O) groups excluding carboxylic acids is 1. The molecule has 5 heteroatoms. The number of nitrogens with zero attached hydrogens (tertiary/aromatic N) is 3. The lowest BCUT2D eigenvalue weighted by atomic mass is 9.90. The number of rotatable bonds is 4. The number of aryl methyl sites for hydroxylation is 1. The van der Waals surface area contributed by atoms with Crippen LogP contribution in [-0.4, -0.2) is 27.6 Å². The van der Waals surface area contributed by atoms with E-state index in [0.717, 1.165) is 34.9 Å². The van der Waals surface area contributed by atoms with Gasteiger partial charge in [-0.05, 0) is 48.9 Å². The van der Waals surface area contributed by atoms with E-state index in [-0.39, 0.29) is 5.91 Å². The van der Waals surface area contributed by atoms with Crippen LogP contribution in [-0.2, 0) is 19.4 Å².